The van der Waals surface area contributed by atoms with Gasteiger partial charge in [-0.2, -0.15) is 0 Å². The molecule has 0 unspecified atom stereocenters. The molecule has 13 heavy (non-hydrogen) atoms. The van der Waals surface area contributed by atoms with Crippen molar-refractivity contribution < 1.29 is 49.0 Å². The maximum absolute atomic E-state index is 10.8. The average molecular weight is 194 g/mol. The maximum atomic E-state index is 10.8. The van der Waals surface area contributed by atoms with E-state index in [2.05, 4.69) is 0 Å². The summed E-state index contributed by atoms with van der Waals surface area (Å²) in [5, 5.41) is 9.91. The molecule has 0 saturated heterocycles. The molecule has 0 radical (unpaired) electrons. The van der Waals surface area contributed by atoms with Gasteiger partial charge in [0, 0.05) is 18.8 Å². The van der Waals surface area contributed by atoms with E-state index in [1.165, 1.54) is 0 Å². The Morgan fingerprint density at radius 3 is 2.00 bits per heavy atom. The summed E-state index contributed by atoms with van der Waals surface area (Å²) in [6, 6.07) is 0. The molecule has 0 atom stereocenters. The fourth-order valence-electron chi connectivity index (χ4n) is 0.811. The van der Waals surface area contributed by atoms with Gasteiger partial charge < -0.3 is 9.90 Å². The molecule has 0 spiro atoms. The van der Waals surface area contributed by atoms with E-state index in [1.54, 1.807) is 0 Å². The predicted octanol–water partition coefficient (Wildman–Crippen LogP) is -3.54. The van der Waals surface area contributed by atoms with Crippen LogP contribution in [0.5, 0.6) is 0 Å². The van der Waals surface area contributed by atoms with Crippen LogP contribution in [-0.2, 0) is 14.4 Å². The molecule has 4 nitrogen and oxygen atoms in total. The number of aliphatic carboxylic acids is 1. The number of Topliss-reactive ketones (excluding diaryl/α,β-unsaturated/α-hetero) is 2. The summed E-state index contributed by atoms with van der Waals surface area (Å²) in [7, 11) is 0. The Labute approximate surface area is 99.0 Å². The molecule has 0 fully saturated rings. The van der Waals surface area contributed by atoms with E-state index in [0.717, 1.165) is 0 Å². The Bertz CT molecular complexity index is 200. The Morgan fingerprint density at radius 1 is 1.08 bits per heavy atom. The molecular weight excluding hydrogens is 183 g/mol. The van der Waals surface area contributed by atoms with Crippen LogP contribution >= 0.6 is 0 Å². The average Bonchev–Trinajstić information content (AvgIpc) is 1.84. The molecule has 0 aliphatic heterocycles. The van der Waals surface area contributed by atoms with Crippen LogP contribution in [0.1, 0.15) is 32.6 Å². The van der Waals surface area contributed by atoms with E-state index in [-0.39, 0.29) is 41.8 Å². The van der Waals surface area contributed by atoms with Gasteiger partial charge in [0.15, 0.2) is 0 Å². The van der Waals surface area contributed by atoms with Crippen LogP contribution in [0.15, 0.2) is 0 Å². The number of carbonyl (C=O) groups excluding carboxylic acids is 3. The summed E-state index contributed by atoms with van der Waals surface area (Å²) < 4.78 is 0. The van der Waals surface area contributed by atoms with Crippen LogP contribution in [-0.4, -0.2) is 17.5 Å². The fourth-order valence-corrected chi connectivity index (χ4v) is 0.811. The molecule has 68 valence electrons. The van der Waals surface area contributed by atoms with E-state index < -0.39 is 18.2 Å². The van der Waals surface area contributed by atoms with Crippen molar-refractivity contribution in [2.75, 3.05) is 0 Å². The number of carbonyl (C=O) groups is 3. The zero-order chi connectivity index (χ0) is 9.56. The van der Waals surface area contributed by atoms with Gasteiger partial charge in [-0.3, -0.25) is 9.59 Å². The Balaban J connectivity index is 0. The molecule has 0 aromatic rings. The SMILES string of the molecule is CCCC(=O)CC(=O)CC(=O)[O-].[Na+]. The molecule has 0 aromatic heterocycles. The van der Waals surface area contributed by atoms with E-state index in [0.29, 0.717) is 12.8 Å². The van der Waals surface area contributed by atoms with Crippen LogP contribution < -0.4 is 34.7 Å². The van der Waals surface area contributed by atoms with Gasteiger partial charge in [-0.1, -0.05) is 6.92 Å². The van der Waals surface area contributed by atoms with Crippen molar-refractivity contribution in [3.05, 3.63) is 0 Å². The number of hydrogen-bond acceptors (Lipinski definition) is 4. The third-order valence-electron chi connectivity index (χ3n) is 1.26. The van der Waals surface area contributed by atoms with Crippen LogP contribution in [0, 0.1) is 0 Å². The molecule has 0 aliphatic rings. The van der Waals surface area contributed by atoms with Crippen molar-refractivity contribution in [3.8, 4) is 0 Å². The third-order valence-corrected chi connectivity index (χ3v) is 1.26. The number of carboxylic acid groups (broad SMARTS) is 1. The number of carboxylic acids is 1. The molecular formula is C8H11NaO4. The molecule has 0 rings (SSSR count). The minimum absolute atomic E-state index is 0. The van der Waals surface area contributed by atoms with Crippen molar-refractivity contribution in [2.24, 2.45) is 0 Å². The normalized spacial score (nSPS) is 8.69. The zero-order valence-electron chi connectivity index (χ0n) is 7.96. The van der Waals surface area contributed by atoms with Crippen molar-refractivity contribution in [3.63, 3.8) is 0 Å². The van der Waals surface area contributed by atoms with Crippen LogP contribution in [0.4, 0.5) is 0 Å². The molecule has 0 aromatic carbocycles. The van der Waals surface area contributed by atoms with Gasteiger partial charge in [0.1, 0.15) is 11.6 Å². The summed E-state index contributed by atoms with van der Waals surface area (Å²) in [4.78, 5) is 31.4. The summed E-state index contributed by atoms with van der Waals surface area (Å²) >= 11 is 0. The molecule has 5 heteroatoms. The van der Waals surface area contributed by atoms with Crippen molar-refractivity contribution >= 4 is 17.5 Å². The molecule has 0 bridgehead atoms. The van der Waals surface area contributed by atoms with Crippen LogP contribution in [0.25, 0.3) is 0 Å². The topological polar surface area (TPSA) is 74.3 Å². The van der Waals surface area contributed by atoms with Crippen molar-refractivity contribution in [1.29, 1.82) is 0 Å². The molecule has 0 saturated carbocycles. The van der Waals surface area contributed by atoms with Crippen molar-refractivity contribution in [1.82, 2.24) is 0 Å². The molecule has 0 amide bonds. The summed E-state index contributed by atoms with van der Waals surface area (Å²) in [5.74, 6) is -2.21. The van der Waals surface area contributed by atoms with E-state index in [4.69, 9.17) is 0 Å². The third kappa shape index (κ3) is 9.73. The first kappa shape index (κ1) is 15.3. The summed E-state index contributed by atoms with van der Waals surface area (Å²) in [6.45, 7) is 1.82. The van der Waals surface area contributed by atoms with Gasteiger partial charge in [-0.25, -0.2) is 0 Å². The van der Waals surface area contributed by atoms with Gasteiger partial charge in [0.25, 0.3) is 0 Å². The first-order chi connectivity index (χ1) is 5.56. The maximum Gasteiger partial charge on any atom is 1.00 e. The number of hydrogen-bond donors (Lipinski definition) is 0. The fraction of sp³-hybridized carbons (Fsp3) is 0.625. The van der Waals surface area contributed by atoms with Gasteiger partial charge in [0.2, 0.25) is 0 Å². The molecule has 0 N–H and O–H groups in total. The Kier molecular flexibility index (Phi) is 9.89. The molecule has 0 aliphatic carbocycles. The number of ketones is 2. The largest absolute Gasteiger partial charge is 1.00 e. The van der Waals surface area contributed by atoms with E-state index in [9.17, 15) is 19.5 Å². The Morgan fingerprint density at radius 2 is 1.62 bits per heavy atom. The number of rotatable bonds is 6. The second-order valence-corrected chi connectivity index (χ2v) is 2.55. The Hall–Kier alpha value is -0.190. The first-order valence-electron chi connectivity index (χ1n) is 3.79. The summed E-state index contributed by atoms with van der Waals surface area (Å²) in [5.41, 5.74) is 0. The predicted molar refractivity (Wildman–Crippen MR) is 39.2 cm³/mol. The monoisotopic (exact) mass is 194 g/mol. The first-order valence-corrected chi connectivity index (χ1v) is 3.79. The van der Waals surface area contributed by atoms with E-state index >= 15 is 0 Å². The van der Waals surface area contributed by atoms with E-state index in [1.807, 2.05) is 6.92 Å². The second-order valence-electron chi connectivity index (χ2n) is 2.55. The van der Waals surface area contributed by atoms with Crippen LogP contribution in [0.3, 0.4) is 0 Å². The quantitative estimate of drug-likeness (QED) is 0.324. The van der Waals surface area contributed by atoms with Gasteiger partial charge in [0.05, 0.1) is 6.42 Å². The van der Waals surface area contributed by atoms with Crippen LogP contribution in [0.2, 0.25) is 0 Å². The van der Waals surface area contributed by atoms with Gasteiger partial charge in [-0.05, 0) is 6.42 Å². The smallest absolute Gasteiger partial charge is 0.550 e. The molecule has 0 heterocycles. The minimum atomic E-state index is -1.43. The zero-order valence-corrected chi connectivity index (χ0v) is 9.96. The van der Waals surface area contributed by atoms with Gasteiger partial charge >= 0.3 is 29.6 Å². The minimum Gasteiger partial charge on any atom is -0.550 e. The second kappa shape index (κ2) is 8.41. The van der Waals surface area contributed by atoms with Gasteiger partial charge in [-0.15, -0.1) is 0 Å². The van der Waals surface area contributed by atoms with Crippen molar-refractivity contribution in [2.45, 2.75) is 32.6 Å². The summed E-state index contributed by atoms with van der Waals surface area (Å²) in [6.07, 6.45) is 0.0769. The standard InChI is InChI=1S/C8H12O4.Na/c1-2-3-6(9)4-7(10)5-8(11)12;/h2-5H2,1H3,(H,11,12);/q;+1/p-1.